The van der Waals surface area contributed by atoms with Crippen molar-refractivity contribution >= 4 is 26.6 Å². The van der Waals surface area contributed by atoms with Gasteiger partial charge in [0.1, 0.15) is 6.54 Å². The first-order valence-corrected chi connectivity index (χ1v) is 10.6. The number of carbonyl (C=O) groups is 1. The zero-order valence-corrected chi connectivity index (χ0v) is 15.4. The van der Waals surface area contributed by atoms with Crippen molar-refractivity contribution in [3.05, 3.63) is 40.4 Å². The Bertz CT molecular complexity index is 1040. The lowest BCUT2D eigenvalue weighted by Gasteiger charge is -2.28. The molecule has 138 valence electrons. The highest BCUT2D eigenvalue weighted by Gasteiger charge is 2.42. The number of benzene rings is 1. The van der Waals surface area contributed by atoms with Crippen molar-refractivity contribution in [2.75, 3.05) is 11.5 Å². The van der Waals surface area contributed by atoms with Crippen LogP contribution in [0.5, 0.6) is 0 Å². The highest BCUT2D eigenvalue weighted by Crippen LogP contribution is 2.32. The molecular formula is C18H21N3O4S. The van der Waals surface area contributed by atoms with Crippen LogP contribution in [0, 0.1) is 6.92 Å². The molecule has 1 aliphatic carbocycles. The number of hydrogen-bond donors (Lipinski definition) is 0. The Morgan fingerprint density at radius 2 is 2.04 bits per heavy atom. The van der Waals surface area contributed by atoms with Crippen LogP contribution in [0.1, 0.15) is 24.8 Å². The summed E-state index contributed by atoms with van der Waals surface area (Å²) in [5.41, 5.74) is 1.30. The summed E-state index contributed by atoms with van der Waals surface area (Å²) in [5, 5.41) is 0.488. The first kappa shape index (κ1) is 17.2. The number of para-hydroxylation sites is 1. The minimum absolute atomic E-state index is 0.0271. The van der Waals surface area contributed by atoms with Gasteiger partial charge in [0.05, 0.1) is 28.7 Å². The van der Waals surface area contributed by atoms with E-state index in [0.29, 0.717) is 17.3 Å². The second kappa shape index (κ2) is 6.19. The highest BCUT2D eigenvalue weighted by atomic mass is 32.2. The van der Waals surface area contributed by atoms with Crippen molar-refractivity contribution in [3.8, 4) is 0 Å². The van der Waals surface area contributed by atoms with Crippen molar-refractivity contribution in [2.45, 2.75) is 44.8 Å². The number of aryl methyl sites for hydroxylation is 1. The lowest BCUT2D eigenvalue weighted by Crippen LogP contribution is -2.45. The number of rotatable bonds is 4. The summed E-state index contributed by atoms with van der Waals surface area (Å²) in [7, 11) is -3.07. The van der Waals surface area contributed by atoms with Gasteiger partial charge in [-0.2, -0.15) is 0 Å². The maximum absolute atomic E-state index is 12.9. The first-order valence-electron chi connectivity index (χ1n) is 8.82. The fourth-order valence-electron chi connectivity index (χ4n) is 3.73. The summed E-state index contributed by atoms with van der Waals surface area (Å²) in [6, 6.07) is 5.23. The predicted octanol–water partition coefficient (Wildman–Crippen LogP) is 0.883. The van der Waals surface area contributed by atoms with E-state index in [-0.39, 0.29) is 41.6 Å². The molecule has 0 bridgehead atoms. The number of aromatic nitrogens is 2. The molecule has 2 aromatic rings. The minimum Gasteiger partial charge on any atom is -0.334 e. The zero-order valence-electron chi connectivity index (χ0n) is 14.6. The summed E-state index contributed by atoms with van der Waals surface area (Å²) >= 11 is 0. The quantitative estimate of drug-likeness (QED) is 0.791. The number of nitrogens with zero attached hydrogens (tertiary/aromatic N) is 3. The minimum atomic E-state index is -3.07. The molecule has 0 spiro atoms. The van der Waals surface area contributed by atoms with E-state index in [2.05, 4.69) is 4.98 Å². The lowest BCUT2D eigenvalue weighted by atomic mass is 10.1. The molecule has 4 rings (SSSR count). The summed E-state index contributed by atoms with van der Waals surface area (Å²) in [4.78, 5) is 31.6. The van der Waals surface area contributed by atoms with E-state index in [1.165, 1.54) is 10.9 Å². The van der Waals surface area contributed by atoms with Crippen LogP contribution < -0.4 is 5.56 Å². The number of amides is 1. The Labute approximate surface area is 151 Å². The van der Waals surface area contributed by atoms with Gasteiger partial charge in [0.15, 0.2) is 9.84 Å². The molecule has 1 amide bonds. The maximum atomic E-state index is 12.9. The van der Waals surface area contributed by atoms with Crippen LogP contribution in [0.2, 0.25) is 0 Å². The molecule has 2 heterocycles. The molecule has 0 N–H and O–H groups in total. The number of carbonyl (C=O) groups excluding carboxylic acids is 1. The fraction of sp³-hybridized carbons (Fsp3) is 0.500. The van der Waals surface area contributed by atoms with Crippen molar-refractivity contribution in [1.29, 1.82) is 0 Å². The molecule has 26 heavy (non-hydrogen) atoms. The van der Waals surface area contributed by atoms with Crippen LogP contribution in [0.4, 0.5) is 0 Å². The predicted molar refractivity (Wildman–Crippen MR) is 97.7 cm³/mol. The average Bonchev–Trinajstić information content (AvgIpc) is 3.34. The Kier molecular flexibility index (Phi) is 4.10. The van der Waals surface area contributed by atoms with Gasteiger partial charge in [-0.15, -0.1) is 0 Å². The van der Waals surface area contributed by atoms with Crippen LogP contribution in [0.15, 0.2) is 29.3 Å². The second-order valence-electron chi connectivity index (χ2n) is 7.24. The number of hydrogen-bond acceptors (Lipinski definition) is 5. The Morgan fingerprint density at radius 1 is 1.27 bits per heavy atom. The van der Waals surface area contributed by atoms with Gasteiger partial charge in [-0.05, 0) is 37.8 Å². The van der Waals surface area contributed by atoms with E-state index in [1.807, 2.05) is 13.0 Å². The van der Waals surface area contributed by atoms with E-state index in [0.717, 1.165) is 18.4 Å². The second-order valence-corrected chi connectivity index (χ2v) is 9.47. The average molecular weight is 375 g/mol. The third-order valence-corrected chi connectivity index (χ3v) is 6.94. The molecule has 0 radical (unpaired) electrons. The molecule has 1 saturated carbocycles. The fourth-order valence-corrected chi connectivity index (χ4v) is 5.44. The van der Waals surface area contributed by atoms with Gasteiger partial charge in [-0.25, -0.2) is 13.4 Å². The maximum Gasteiger partial charge on any atom is 0.261 e. The normalized spacial score (nSPS) is 21.8. The molecule has 1 atom stereocenters. The van der Waals surface area contributed by atoms with Crippen molar-refractivity contribution in [1.82, 2.24) is 14.5 Å². The monoisotopic (exact) mass is 375 g/mol. The molecule has 1 saturated heterocycles. The van der Waals surface area contributed by atoms with Gasteiger partial charge in [-0.3, -0.25) is 14.2 Å². The molecule has 8 heteroatoms. The smallest absolute Gasteiger partial charge is 0.261 e. The van der Waals surface area contributed by atoms with Gasteiger partial charge in [-0.1, -0.05) is 12.1 Å². The lowest BCUT2D eigenvalue weighted by molar-refractivity contribution is -0.134. The summed E-state index contributed by atoms with van der Waals surface area (Å²) < 4.78 is 24.9. The van der Waals surface area contributed by atoms with Crippen LogP contribution in [0.3, 0.4) is 0 Å². The third-order valence-electron chi connectivity index (χ3n) is 5.19. The van der Waals surface area contributed by atoms with E-state index in [9.17, 15) is 18.0 Å². The van der Waals surface area contributed by atoms with Crippen molar-refractivity contribution in [2.24, 2.45) is 0 Å². The Balaban J connectivity index is 1.62. The molecule has 1 aromatic heterocycles. The molecule has 7 nitrogen and oxygen atoms in total. The van der Waals surface area contributed by atoms with Crippen molar-refractivity contribution < 1.29 is 13.2 Å². The molecule has 1 unspecified atom stereocenters. The summed E-state index contributed by atoms with van der Waals surface area (Å²) in [6.45, 7) is 1.78. The standard InChI is InChI=1S/C18H21N3O4S/c1-12-3-2-4-15-17(12)19-11-20(18(15)23)9-16(22)21(13-5-6-13)14-7-8-26(24,25)10-14/h2-4,11,13-14H,5-10H2,1H3. The molecule has 1 aliphatic heterocycles. The molecule has 2 fully saturated rings. The van der Waals surface area contributed by atoms with Gasteiger partial charge < -0.3 is 4.90 Å². The Morgan fingerprint density at radius 3 is 2.69 bits per heavy atom. The molecule has 1 aromatic carbocycles. The van der Waals surface area contributed by atoms with Gasteiger partial charge in [0.25, 0.3) is 5.56 Å². The first-order chi connectivity index (χ1) is 12.4. The topological polar surface area (TPSA) is 89.3 Å². The van der Waals surface area contributed by atoms with Gasteiger partial charge in [0.2, 0.25) is 5.91 Å². The zero-order chi connectivity index (χ0) is 18.5. The summed E-state index contributed by atoms with van der Waals surface area (Å²) in [5.74, 6) is -0.0463. The van der Waals surface area contributed by atoms with Gasteiger partial charge >= 0.3 is 0 Å². The van der Waals surface area contributed by atoms with Crippen LogP contribution >= 0.6 is 0 Å². The van der Waals surface area contributed by atoms with Gasteiger partial charge in [0, 0.05) is 12.1 Å². The van der Waals surface area contributed by atoms with Crippen molar-refractivity contribution in [3.63, 3.8) is 0 Å². The molecule has 2 aliphatic rings. The SMILES string of the molecule is Cc1cccc2c(=O)n(CC(=O)N(C3CC3)C3CCS(=O)(=O)C3)cnc12. The van der Waals surface area contributed by atoms with E-state index < -0.39 is 9.84 Å². The van der Waals surface area contributed by atoms with E-state index >= 15 is 0 Å². The summed E-state index contributed by atoms with van der Waals surface area (Å²) in [6.07, 6.45) is 3.68. The largest absolute Gasteiger partial charge is 0.334 e. The highest BCUT2D eigenvalue weighted by molar-refractivity contribution is 7.91. The van der Waals surface area contributed by atoms with Crippen LogP contribution in [0.25, 0.3) is 10.9 Å². The Hall–Kier alpha value is -2.22. The van der Waals surface area contributed by atoms with Crippen LogP contribution in [-0.4, -0.2) is 52.4 Å². The third kappa shape index (κ3) is 3.13. The number of sulfone groups is 1. The molecular weight excluding hydrogens is 354 g/mol. The van der Waals surface area contributed by atoms with Crippen LogP contribution in [-0.2, 0) is 21.2 Å². The van der Waals surface area contributed by atoms with E-state index in [4.69, 9.17) is 0 Å². The number of fused-ring (bicyclic) bond motifs is 1. The van der Waals surface area contributed by atoms with E-state index in [1.54, 1.807) is 17.0 Å².